The molecule has 10 heteroatoms. The first kappa shape index (κ1) is 28.8. The largest absolute Gasteiger partial charge is 0.497 e. The van der Waals surface area contributed by atoms with Crippen molar-refractivity contribution in [1.29, 1.82) is 0 Å². The van der Waals surface area contributed by atoms with Crippen LogP contribution < -0.4 is 24.3 Å². The zero-order valence-electron chi connectivity index (χ0n) is 24.2. The van der Waals surface area contributed by atoms with Crippen LogP contribution in [0.2, 0.25) is 0 Å². The molecule has 1 aliphatic heterocycles. The van der Waals surface area contributed by atoms with E-state index in [2.05, 4.69) is 5.32 Å². The number of hydrogen-bond donors (Lipinski definition) is 1. The lowest BCUT2D eigenvalue weighted by Gasteiger charge is -2.26. The molecular formula is C32H34N2O8. The van der Waals surface area contributed by atoms with E-state index < -0.39 is 6.09 Å². The molecule has 2 aliphatic rings. The van der Waals surface area contributed by atoms with Crippen LogP contribution in [0.3, 0.4) is 0 Å². The van der Waals surface area contributed by atoms with Crippen molar-refractivity contribution in [3.05, 3.63) is 76.8 Å². The monoisotopic (exact) mass is 574 g/mol. The summed E-state index contributed by atoms with van der Waals surface area (Å²) in [7, 11) is 4.64. The molecular weight excluding hydrogens is 540 g/mol. The molecule has 10 nitrogen and oxygen atoms in total. The summed E-state index contributed by atoms with van der Waals surface area (Å²) in [6, 6.07) is 13.0. The number of hydrogen-bond acceptors (Lipinski definition) is 8. The smallest absolute Gasteiger partial charge is 0.415 e. The van der Waals surface area contributed by atoms with Crippen molar-refractivity contribution in [1.82, 2.24) is 10.2 Å². The number of carbonyl (C=O) groups excluding carboxylic acids is 2. The van der Waals surface area contributed by atoms with Crippen LogP contribution in [0.1, 0.15) is 35.8 Å². The fourth-order valence-corrected chi connectivity index (χ4v) is 5.09. The Kier molecular flexibility index (Phi) is 8.83. The Bertz CT molecular complexity index is 1490. The van der Waals surface area contributed by atoms with Gasteiger partial charge in [-0.2, -0.15) is 0 Å². The maximum absolute atomic E-state index is 13.0. The van der Waals surface area contributed by atoms with Crippen LogP contribution in [0.25, 0.3) is 17.2 Å². The Morgan fingerprint density at radius 3 is 2.36 bits per heavy atom. The summed E-state index contributed by atoms with van der Waals surface area (Å²) in [5.74, 6) is 2.18. The van der Waals surface area contributed by atoms with Crippen molar-refractivity contribution in [3.8, 4) is 23.0 Å². The Balaban J connectivity index is 1.47. The fourth-order valence-electron chi connectivity index (χ4n) is 5.09. The lowest BCUT2D eigenvalue weighted by atomic mass is 10.00. The Hall–Kier alpha value is -4.70. The number of furan rings is 1. The predicted octanol–water partition coefficient (Wildman–Crippen LogP) is 5.17. The SMILES string of the molecule is COc1ccc2c(c1)C(CC(=O)NCc1ccco1)=C(C)/C2=C/c1cc(OC)c(OC(=O)N2CCOCC2)c(OC)c1. The maximum Gasteiger partial charge on any atom is 0.415 e. The van der Waals surface area contributed by atoms with E-state index in [4.69, 9.17) is 28.1 Å². The molecule has 1 saturated heterocycles. The molecule has 42 heavy (non-hydrogen) atoms. The summed E-state index contributed by atoms with van der Waals surface area (Å²) in [6.45, 7) is 4.14. The van der Waals surface area contributed by atoms with Crippen molar-refractivity contribution in [2.75, 3.05) is 47.6 Å². The van der Waals surface area contributed by atoms with Gasteiger partial charge in [0.25, 0.3) is 0 Å². The number of nitrogens with one attached hydrogen (secondary N) is 1. The molecule has 1 fully saturated rings. The summed E-state index contributed by atoms with van der Waals surface area (Å²) in [5, 5.41) is 2.93. The van der Waals surface area contributed by atoms with Gasteiger partial charge in [0, 0.05) is 13.1 Å². The highest BCUT2D eigenvalue weighted by atomic mass is 16.6. The summed E-state index contributed by atoms with van der Waals surface area (Å²) in [5.41, 5.74) is 5.50. The van der Waals surface area contributed by atoms with Crippen LogP contribution in [0, 0.1) is 0 Å². The molecule has 2 amide bonds. The number of amides is 2. The second kappa shape index (κ2) is 12.9. The second-order valence-electron chi connectivity index (χ2n) is 9.83. The van der Waals surface area contributed by atoms with Gasteiger partial charge in [-0.15, -0.1) is 0 Å². The van der Waals surface area contributed by atoms with Gasteiger partial charge in [-0.1, -0.05) is 6.07 Å². The van der Waals surface area contributed by atoms with E-state index in [1.54, 1.807) is 36.5 Å². The highest BCUT2D eigenvalue weighted by Gasteiger charge is 2.27. The zero-order chi connectivity index (χ0) is 29.6. The van der Waals surface area contributed by atoms with Crippen LogP contribution in [-0.2, 0) is 16.1 Å². The highest BCUT2D eigenvalue weighted by Crippen LogP contribution is 2.46. The number of benzene rings is 2. The molecule has 0 radical (unpaired) electrons. The van der Waals surface area contributed by atoms with Crippen molar-refractivity contribution in [2.45, 2.75) is 19.9 Å². The molecule has 1 N–H and O–H groups in total. The molecule has 0 spiro atoms. The number of nitrogens with zero attached hydrogens (tertiary/aromatic N) is 1. The molecule has 0 atom stereocenters. The van der Waals surface area contributed by atoms with E-state index in [0.717, 1.165) is 33.4 Å². The molecule has 1 aliphatic carbocycles. The quantitative estimate of drug-likeness (QED) is 0.373. The Morgan fingerprint density at radius 1 is 0.976 bits per heavy atom. The number of rotatable bonds is 9. The minimum Gasteiger partial charge on any atom is -0.497 e. The molecule has 5 rings (SSSR count). The average Bonchev–Trinajstić information content (AvgIpc) is 3.63. The van der Waals surface area contributed by atoms with Crippen LogP contribution in [-0.4, -0.2) is 64.5 Å². The molecule has 3 aromatic rings. The van der Waals surface area contributed by atoms with Gasteiger partial charge in [0.1, 0.15) is 11.5 Å². The summed E-state index contributed by atoms with van der Waals surface area (Å²) in [4.78, 5) is 27.3. The zero-order valence-corrected chi connectivity index (χ0v) is 24.2. The molecule has 220 valence electrons. The first-order valence-electron chi connectivity index (χ1n) is 13.6. The van der Waals surface area contributed by atoms with E-state index in [0.29, 0.717) is 55.9 Å². The number of allylic oxidation sites excluding steroid dienone is 2. The summed E-state index contributed by atoms with van der Waals surface area (Å²) < 4.78 is 33.1. The van der Waals surface area contributed by atoms with Crippen LogP contribution in [0.5, 0.6) is 23.0 Å². The Labute approximate surface area is 244 Å². The van der Waals surface area contributed by atoms with Gasteiger partial charge in [0.05, 0.1) is 53.8 Å². The van der Waals surface area contributed by atoms with E-state index in [9.17, 15) is 9.59 Å². The van der Waals surface area contributed by atoms with Crippen LogP contribution in [0.4, 0.5) is 4.79 Å². The van der Waals surface area contributed by atoms with Gasteiger partial charge < -0.3 is 38.3 Å². The molecule has 1 aromatic heterocycles. The molecule has 2 heterocycles. The van der Waals surface area contributed by atoms with Gasteiger partial charge in [-0.25, -0.2) is 4.79 Å². The summed E-state index contributed by atoms with van der Waals surface area (Å²) >= 11 is 0. The highest BCUT2D eigenvalue weighted by molar-refractivity contribution is 6.08. The average molecular weight is 575 g/mol. The molecule has 2 aromatic carbocycles. The third-order valence-electron chi connectivity index (χ3n) is 7.33. The van der Waals surface area contributed by atoms with Gasteiger partial charge in [0.2, 0.25) is 11.7 Å². The summed E-state index contributed by atoms with van der Waals surface area (Å²) in [6.07, 6.45) is 3.28. The van der Waals surface area contributed by atoms with Crippen molar-refractivity contribution >= 4 is 29.2 Å². The second-order valence-corrected chi connectivity index (χ2v) is 9.83. The predicted molar refractivity (Wildman–Crippen MR) is 157 cm³/mol. The minimum atomic E-state index is -0.492. The van der Waals surface area contributed by atoms with E-state index in [-0.39, 0.29) is 18.1 Å². The van der Waals surface area contributed by atoms with Gasteiger partial charge in [0.15, 0.2) is 11.5 Å². The number of ether oxygens (including phenoxy) is 5. The topological polar surface area (TPSA) is 109 Å². The van der Waals surface area contributed by atoms with Gasteiger partial charge >= 0.3 is 6.09 Å². The minimum absolute atomic E-state index is 0.120. The number of fused-ring (bicyclic) bond motifs is 1. The Morgan fingerprint density at radius 2 is 1.71 bits per heavy atom. The molecule has 0 bridgehead atoms. The maximum atomic E-state index is 13.0. The first-order valence-corrected chi connectivity index (χ1v) is 13.6. The number of morpholine rings is 1. The number of carbonyl (C=O) groups is 2. The third kappa shape index (κ3) is 6.13. The van der Waals surface area contributed by atoms with Gasteiger partial charge in [-0.05, 0) is 82.8 Å². The number of methoxy groups -OCH3 is 3. The molecule has 0 unspecified atom stereocenters. The first-order chi connectivity index (χ1) is 20.4. The lowest BCUT2D eigenvalue weighted by Crippen LogP contribution is -2.42. The normalized spacial score (nSPS) is 15.4. The van der Waals surface area contributed by atoms with E-state index in [1.807, 2.05) is 37.3 Å². The van der Waals surface area contributed by atoms with Crippen LogP contribution in [0.15, 0.2) is 58.7 Å². The standard InChI is InChI=1S/C32H34N2O8/c1-20-25(14-21-15-28(38-3)31(29(16-21)39-4)42-32(36)34-9-12-40-13-10-34)24-8-7-22(37-2)17-27(24)26(20)18-30(35)33-19-23-6-5-11-41-23/h5-8,11,14-17H,9-10,12-13,18-19H2,1-4H3,(H,33,35)/b25-14-. The fraction of sp³-hybridized carbons (Fsp3) is 0.312. The third-order valence-corrected chi connectivity index (χ3v) is 7.33. The van der Waals surface area contributed by atoms with Crippen molar-refractivity contribution in [3.63, 3.8) is 0 Å². The van der Waals surface area contributed by atoms with Crippen LogP contribution >= 0.6 is 0 Å². The van der Waals surface area contributed by atoms with Crippen molar-refractivity contribution in [2.24, 2.45) is 0 Å². The van der Waals surface area contributed by atoms with Crippen molar-refractivity contribution < 1.29 is 37.7 Å². The van der Waals surface area contributed by atoms with Gasteiger partial charge in [-0.3, -0.25) is 4.79 Å². The van der Waals surface area contributed by atoms with E-state index in [1.165, 1.54) is 14.2 Å². The van der Waals surface area contributed by atoms with E-state index >= 15 is 0 Å². The molecule has 0 saturated carbocycles. The lowest BCUT2D eigenvalue weighted by molar-refractivity contribution is -0.120.